The van der Waals surface area contributed by atoms with Crippen LogP contribution in [0.4, 0.5) is 0 Å². The molecule has 1 heteroatoms. The zero-order valence-corrected chi connectivity index (χ0v) is 9.00. The Morgan fingerprint density at radius 3 is 2.54 bits per heavy atom. The van der Waals surface area contributed by atoms with Crippen molar-refractivity contribution < 1.29 is 0 Å². The predicted molar refractivity (Wildman–Crippen MR) is 56.4 cm³/mol. The summed E-state index contributed by atoms with van der Waals surface area (Å²) in [4.78, 5) is 0. The lowest BCUT2D eigenvalue weighted by Crippen LogP contribution is -2.26. The zero-order valence-electron chi connectivity index (χ0n) is 9.00. The van der Waals surface area contributed by atoms with E-state index in [0.717, 1.165) is 23.7 Å². The van der Waals surface area contributed by atoms with Crippen LogP contribution in [0.3, 0.4) is 0 Å². The van der Waals surface area contributed by atoms with Crippen molar-refractivity contribution in [2.45, 2.75) is 52.0 Å². The van der Waals surface area contributed by atoms with E-state index in [2.05, 4.69) is 13.8 Å². The van der Waals surface area contributed by atoms with Crippen LogP contribution in [0.2, 0.25) is 0 Å². The first kappa shape index (κ1) is 9.51. The second-order valence-electron chi connectivity index (χ2n) is 5.51. The van der Waals surface area contributed by atoms with Crippen LogP contribution in [-0.2, 0) is 0 Å². The van der Waals surface area contributed by atoms with Gasteiger partial charge in [-0.25, -0.2) is 0 Å². The maximum Gasteiger partial charge on any atom is 0.00362 e. The van der Waals surface area contributed by atoms with E-state index in [1.165, 1.54) is 25.7 Å². The minimum atomic E-state index is 0.386. The zero-order chi connectivity index (χ0) is 9.42. The molecule has 5 atom stereocenters. The molecule has 2 fully saturated rings. The molecule has 2 rings (SSSR count). The van der Waals surface area contributed by atoms with Crippen LogP contribution in [0.25, 0.3) is 0 Å². The van der Waals surface area contributed by atoms with Gasteiger partial charge in [-0.3, -0.25) is 0 Å². The molecule has 2 saturated carbocycles. The SMILES string of the molecule is CC(N)C(C)CC1CCC2CC2C1. The summed E-state index contributed by atoms with van der Waals surface area (Å²) in [6.45, 7) is 4.46. The quantitative estimate of drug-likeness (QED) is 0.712. The summed E-state index contributed by atoms with van der Waals surface area (Å²) < 4.78 is 0. The van der Waals surface area contributed by atoms with E-state index >= 15 is 0 Å². The lowest BCUT2D eigenvalue weighted by atomic mass is 9.81. The van der Waals surface area contributed by atoms with Gasteiger partial charge in [-0.2, -0.15) is 0 Å². The van der Waals surface area contributed by atoms with E-state index in [4.69, 9.17) is 5.73 Å². The van der Waals surface area contributed by atoms with Gasteiger partial charge in [-0.15, -0.1) is 0 Å². The van der Waals surface area contributed by atoms with Crippen LogP contribution >= 0.6 is 0 Å². The Hall–Kier alpha value is -0.0400. The second kappa shape index (κ2) is 3.61. The van der Waals surface area contributed by atoms with Gasteiger partial charge in [0.05, 0.1) is 0 Å². The number of rotatable bonds is 3. The second-order valence-corrected chi connectivity index (χ2v) is 5.51. The van der Waals surface area contributed by atoms with Crippen molar-refractivity contribution in [3.63, 3.8) is 0 Å². The number of hydrogen-bond donors (Lipinski definition) is 1. The maximum atomic E-state index is 5.90. The first-order valence-electron chi connectivity index (χ1n) is 5.92. The van der Waals surface area contributed by atoms with Gasteiger partial charge >= 0.3 is 0 Å². The van der Waals surface area contributed by atoms with Crippen molar-refractivity contribution in [3.05, 3.63) is 0 Å². The van der Waals surface area contributed by atoms with Gasteiger partial charge in [0.25, 0.3) is 0 Å². The van der Waals surface area contributed by atoms with E-state index in [-0.39, 0.29) is 0 Å². The van der Waals surface area contributed by atoms with Crippen LogP contribution < -0.4 is 5.73 Å². The Balaban J connectivity index is 1.74. The average molecular weight is 181 g/mol. The van der Waals surface area contributed by atoms with E-state index in [0.29, 0.717) is 6.04 Å². The molecule has 5 unspecified atom stereocenters. The first-order valence-corrected chi connectivity index (χ1v) is 5.92. The summed E-state index contributed by atoms with van der Waals surface area (Å²) in [5.41, 5.74) is 5.90. The third-order valence-corrected chi connectivity index (χ3v) is 4.25. The molecule has 0 heterocycles. The van der Waals surface area contributed by atoms with E-state index in [1.807, 2.05) is 0 Å². The van der Waals surface area contributed by atoms with Crippen LogP contribution in [0.5, 0.6) is 0 Å². The lowest BCUT2D eigenvalue weighted by Gasteiger charge is -2.26. The average Bonchev–Trinajstić information content (AvgIpc) is 2.81. The Labute approximate surface area is 82.1 Å². The Morgan fingerprint density at radius 1 is 1.15 bits per heavy atom. The monoisotopic (exact) mass is 181 g/mol. The van der Waals surface area contributed by atoms with Gasteiger partial charge in [0, 0.05) is 6.04 Å². The molecule has 0 aromatic heterocycles. The van der Waals surface area contributed by atoms with Gasteiger partial charge < -0.3 is 5.73 Å². The molecule has 2 N–H and O–H groups in total. The van der Waals surface area contributed by atoms with Crippen molar-refractivity contribution in [1.82, 2.24) is 0 Å². The summed E-state index contributed by atoms with van der Waals surface area (Å²) in [5.74, 6) is 3.99. The van der Waals surface area contributed by atoms with Crippen LogP contribution in [-0.4, -0.2) is 6.04 Å². The first-order chi connectivity index (χ1) is 6.16. The molecule has 0 radical (unpaired) electrons. The van der Waals surface area contributed by atoms with E-state index < -0.39 is 0 Å². The topological polar surface area (TPSA) is 26.0 Å². The molecule has 0 spiro atoms. The smallest absolute Gasteiger partial charge is 0.00362 e. The molecule has 0 aromatic rings. The van der Waals surface area contributed by atoms with Crippen molar-refractivity contribution in [2.24, 2.45) is 29.4 Å². The number of nitrogens with two attached hydrogens (primary N) is 1. The molecule has 13 heavy (non-hydrogen) atoms. The largest absolute Gasteiger partial charge is 0.328 e. The summed E-state index contributed by atoms with van der Waals surface area (Å²) in [6, 6.07) is 0.386. The molecule has 0 aliphatic heterocycles. The Bertz CT molecular complexity index is 176. The normalized spacial score (nSPS) is 42.2. The molecule has 0 amide bonds. The number of fused-ring (bicyclic) bond motifs is 1. The van der Waals surface area contributed by atoms with Crippen molar-refractivity contribution >= 4 is 0 Å². The molecule has 0 bridgehead atoms. The highest BCUT2D eigenvalue weighted by Crippen LogP contribution is 2.52. The molecule has 2 aliphatic rings. The van der Waals surface area contributed by atoms with Crippen molar-refractivity contribution in [1.29, 1.82) is 0 Å². The van der Waals surface area contributed by atoms with E-state index in [9.17, 15) is 0 Å². The van der Waals surface area contributed by atoms with E-state index in [1.54, 1.807) is 6.42 Å². The van der Waals surface area contributed by atoms with Gasteiger partial charge in [-0.1, -0.05) is 13.3 Å². The van der Waals surface area contributed by atoms with Crippen LogP contribution in [0.1, 0.15) is 46.0 Å². The summed E-state index contributed by atoms with van der Waals surface area (Å²) in [6.07, 6.45) is 7.44. The minimum absolute atomic E-state index is 0.386. The summed E-state index contributed by atoms with van der Waals surface area (Å²) in [7, 11) is 0. The Kier molecular flexibility index (Phi) is 2.64. The predicted octanol–water partition coefficient (Wildman–Crippen LogP) is 2.80. The van der Waals surface area contributed by atoms with Crippen molar-refractivity contribution in [2.75, 3.05) is 0 Å². The molecular formula is C12H23N. The fourth-order valence-corrected chi connectivity index (χ4v) is 2.90. The minimum Gasteiger partial charge on any atom is -0.328 e. The molecule has 0 aromatic carbocycles. The third kappa shape index (κ3) is 2.25. The molecule has 0 saturated heterocycles. The van der Waals surface area contributed by atoms with Gasteiger partial charge in [0.2, 0.25) is 0 Å². The fraction of sp³-hybridized carbons (Fsp3) is 1.00. The van der Waals surface area contributed by atoms with Crippen LogP contribution in [0.15, 0.2) is 0 Å². The van der Waals surface area contributed by atoms with Gasteiger partial charge in [0.1, 0.15) is 0 Å². The molecule has 76 valence electrons. The summed E-state index contributed by atoms with van der Waals surface area (Å²) in [5, 5.41) is 0. The molecule has 1 nitrogen and oxygen atoms in total. The highest BCUT2D eigenvalue weighted by molar-refractivity contribution is 4.92. The highest BCUT2D eigenvalue weighted by atomic mass is 14.6. The maximum absolute atomic E-state index is 5.90. The highest BCUT2D eigenvalue weighted by Gasteiger charge is 2.41. The van der Waals surface area contributed by atoms with Crippen LogP contribution in [0, 0.1) is 23.7 Å². The lowest BCUT2D eigenvalue weighted by molar-refractivity contribution is 0.271. The fourth-order valence-electron chi connectivity index (χ4n) is 2.90. The Morgan fingerprint density at radius 2 is 1.92 bits per heavy atom. The van der Waals surface area contributed by atoms with Gasteiger partial charge in [-0.05, 0) is 56.3 Å². The van der Waals surface area contributed by atoms with Gasteiger partial charge in [0.15, 0.2) is 0 Å². The third-order valence-electron chi connectivity index (χ3n) is 4.25. The molecular weight excluding hydrogens is 158 g/mol. The van der Waals surface area contributed by atoms with Crippen molar-refractivity contribution in [3.8, 4) is 0 Å². The summed E-state index contributed by atoms with van der Waals surface area (Å²) >= 11 is 0. The molecule has 2 aliphatic carbocycles. The number of hydrogen-bond acceptors (Lipinski definition) is 1. The standard InChI is InChI=1S/C12H23N/c1-8(9(2)13)5-10-3-4-11-7-12(11)6-10/h8-12H,3-7,13H2,1-2H3.